The van der Waals surface area contributed by atoms with Gasteiger partial charge in [0.15, 0.2) is 11.0 Å². The lowest BCUT2D eigenvalue weighted by molar-refractivity contribution is -0.113. The fourth-order valence-corrected chi connectivity index (χ4v) is 4.15. The van der Waals surface area contributed by atoms with Gasteiger partial charge in [0.2, 0.25) is 5.91 Å². The van der Waals surface area contributed by atoms with Crippen LogP contribution in [0.25, 0.3) is 11.4 Å². The van der Waals surface area contributed by atoms with Gasteiger partial charge in [0.05, 0.1) is 12.3 Å². The maximum Gasteiger partial charge on any atom is 0.234 e. The van der Waals surface area contributed by atoms with Gasteiger partial charge in [-0.2, -0.15) is 0 Å². The monoisotopic (exact) mass is 477 g/mol. The average Bonchev–Trinajstić information content (AvgIpc) is 3.21. The zero-order valence-corrected chi connectivity index (χ0v) is 20.0. The smallest absolute Gasteiger partial charge is 0.234 e. The van der Waals surface area contributed by atoms with Gasteiger partial charge in [-0.15, -0.1) is 10.2 Å². The van der Waals surface area contributed by atoms with Gasteiger partial charge >= 0.3 is 0 Å². The molecule has 0 atom stereocenters. The Balaban J connectivity index is 1.50. The molecule has 0 spiro atoms. The Bertz CT molecular complexity index is 1210. The second-order valence-electron chi connectivity index (χ2n) is 7.66. The highest BCUT2D eigenvalue weighted by atomic mass is 35.5. The van der Waals surface area contributed by atoms with E-state index in [0.29, 0.717) is 16.7 Å². The normalized spacial score (nSPS) is 10.8. The molecular weight excluding hydrogens is 454 g/mol. The van der Waals surface area contributed by atoms with Crippen molar-refractivity contribution in [2.75, 3.05) is 30.1 Å². The molecule has 168 valence electrons. The Morgan fingerprint density at radius 3 is 2.33 bits per heavy atom. The first-order valence-electron chi connectivity index (χ1n) is 10.4. The molecule has 0 saturated heterocycles. The summed E-state index contributed by atoms with van der Waals surface area (Å²) in [4.78, 5) is 14.6. The molecule has 1 N–H and O–H groups in total. The number of hydrogen-bond donors (Lipinski definition) is 1. The van der Waals surface area contributed by atoms with E-state index in [1.54, 1.807) is 0 Å². The van der Waals surface area contributed by atoms with Crippen LogP contribution in [-0.4, -0.2) is 40.5 Å². The first-order valence-corrected chi connectivity index (χ1v) is 11.8. The molecule has 33 heavy (non-hydrogen) atoms. The summed E-state index contributed by atoms with van der Waals surface area (Å²) in [7, 11) is 3.96. The maximum atomic E-state index is 12.6. The number of anilines is 2. The first kappa shape index (κ1) is 22.9. The van der Waals surface area contributed by atoms with Gasteiger partial charge in [-0.25, -0.2) is 0 Å². The SMILES string of the molecule is CN(C)c1ccc(NC(=O)CSc2nnc(-c3ccc(Cl)cc3)n2Cc2ccccc2)cc1. The molecule has 0 aliphatic carbocycles. The Labute approximate surface area is 202 Å². The van der Waals surface area contributed by atoms with E-state index in [4.69, 9.17) is 11.6 Å². The van der Waals surface area contributed by atoms with E-state index in [2.05, 4.69) is 27.6 Å². The number of hydrogen-bond acceptors (Lipinski definition) is 5. The van der Waals surface area contributed by atoms with Gasteiger partial charge < -0.3 is 10.2 Å². The lowest BCUT2D eigenvalue weighted by atomic mass is 10.2. The third-order valence-corrected chi connectivity index (χ3v) is 6.22. The number of thioether (sulfide) groups is 1. The summed E-state index contributed by atoms with van der Waals surface area (Å²) in [5.74, 6) is 0.862. The number of halogens is 1. The molecule has 0 unspecified atom stereocenters. The molecule has 0 aliphatic heterocycles. The average molecular weight is 478 g/mol. The number of nitrogens with zero attached hydrogens (tertiary/aromatic N) is 4. The first-order chi connectivity index (χ1) is 16.0. The maximum absolute atomic E-state index is 12.6. The third kappa shape index (κ3) is 5.94. The molecule has 1 heterocycles. The lowest BCUT2D eigenvalue weighted by Gasteiger charge is -2.13. The highest BCUT2D eigenvalue weighted by molar-refractivity contribution is 7.99. The number of carbonyl (C=O) groups excluding carboxylic acids is 1. The number of amides is 1. The van der Waals surface area contributed by atoms with Gasteiger partial charge in [0.1, 0.15) is 0 Å². The zero-order valence-electron chi connectivity index (χ0n) is 18.4. The summed E-state index contributed by atoms with van der Waals surface area (Å²) in [6, 6.07) is 25.4. The molecule has 1 aromatic heterocycles. The molecule has 0 radical (unpaired) electrons. The largest absolute Gasteiger partial charge is 0.378 e. The number of benzene rings is 3. The van der Waals surface area contributed by atoms with E-state index in [1.807, 2.05) is 90.3 Å². The van der Waals surface area contributed by atoms with Crippen molar-refractivity contribution in [3.63, 3.8) is 0 Å². The fraction of sp³-hybridized carbons (Fsp3) is 0.160. The van der Waals surface area contributed by atoms with E-state index < -0.39 is 0 Å². The van der Waals surface area contributed by atoms with Crippen molar-refractivity contribution in [2.24, 2.45) is 0 Å². The minimum absolute atomic E-state index is 0.0973. The highest BCUT2D eigenvalue weighted by Gasteiger charge is 2.16. The number of aromatic nitrogens is 3. The van der Waals surface area contributed by atoms with Gasteiger partial charge in [0, 0.05) is 36.1 Å². The number of carbonyl (C=O) groups is 1. The van der Waals surface area contributed by atoms with Crippen LogP contribution in [0, 0.1) is 0 Å². The minimum atomic E-state index is -0.0973. The van der Waals surface area contributed by atoms with Crippen LogP contribution >= 0.6 is 23.4 Å². The molecule has 6 nitrogen and oxygen atoms in total. The van der Waals surface area contributed by atoms with Gasteiger partial charge in [-0.05, 0) is 54.1 Å². The molecule has 0 bridgehead atoms. The van der Waals surface area contributed by atoms with Crippen LogP contribution in [0.5, 0.6) is 0 Å². The van der Waals surface area contributed by atoms with Crippen LogP contribution in [0.3, 0.4) is 0 Å². The summed E-state index contributed by atoms with van der Waals surface area (Å²) in [6.07, 6.45) is 0. The molecule has 3 aromatic carbocycles. The summed E-state index contributed by atoms with van der Waals surface area (Å²) >= 11 is 7.42. The van der Waals surface area contributed by atoms with Crippen molar-refractivity contribution in [3.05, 3.63) is 89.4 Å². The van der Waals surface area contributed by atoms with Crippen molar-refractivity contribution in [3.8, 4) is 11.4 Å². The summed E-state index contributed by atoms with van der Waals surface area (Å²) in [5.41, 5.74) is 3.88. The molecule has 1 amide bonds. The Hall–Kier alpha value is -3.29. The van der Waals surface area contributed by atoms with Crippen LogP contribution in [0.4, 0.5) is 11.4 Å². The van der Waals surface area contributed by atoms with E-state index >= 15 is 0 Å². The van der Waals surface area contributed by atoms with Crippen LogP contribution in [0.15, 0.2) is 84.0 Å². The quantitative estimate of drug-likeness (QED) is 0.342. The summed E-state index contributed by atoms with van der Waals surface area (Å²) < 4.78 is 2.03. The Morgan fingerprint density at radius 2 is 1.67 bits per heavy atom. The van der Waals surface area contributed by atoms with Crippen molar-refractivity contribution in [1.29, 1.82) is 0 Å². The van der Waals surface area contributed by atoms with Crippen molar-refractivity contribution in [2.45, 2.75) is 11.7 Å². The van der Waals surface area contributed by atoms with Crippen molar-refractivity contribution in [1.82, 2.24) is 14.8 Å². The van der Waals surface area contributed by atoms with Gasteiger partial charge in [0.25, 0.3) is 0 Å². The van der Waals surface area contributed by atoms with Crippen LogP contribution < -0.4 is 10.2 Å². The van der Waals surface area contributed by atoms with Gasteiger partial charge in [-0.1, -0.05) is 53.7 Å². The van der Waals surface area contributed by atoms with Crippen LogP contribution in [0.2, 0.25) is 5.02 Å². The molecule has 0 aliphatic rings. The van der Waals surface area contributed by atoms with E-state index in [-0.39, 0.29) is 11.7 Å². The fourth-order valence-electron chi connectivity index (χ4n) is 3.29. The predicted molar refractivity (Wildman–Crippen MR) is 136 cm³/mol. The number of nitrogens with one attached hydrogen (secondary N) is 1. The standard InChI is InChI=1S/C25H24ClN5OS/c1-30(2)22-14-12-21(13-15-22)27-23(32)17-33-25-29-28-24(19-8-10-20(26)11-9-19)31(25)16-18-6-4-3-5-7-18/h3-15H,16-17H2,1-2H3,(H,27,32). The van der Waals surface area contributed by atoms with Crippen LogP contribution in [-0.2, 0) is 11.3 Å². The Kier molecular flexibility index (Phi) is 7.32. The molecular formula is C25H24ClN5OS. The molecule has 0 saturated carbocycles. The van der Waals surface area contributed by atoms with Crippen molar-refractivity contribution >= 4 is 40.6 Å². The van der Waals surface area contributed by atoms with Crippen LogP contribution in [0.1, 0.15) is 5.56 Å². The summed E-state index contributed by atoms with van der Waals surface area (Å²) in [5, 5.41) is 13.1. The van der Waals surface area contributed by atoms with E-state index in [1.165, 1.54) is 11.8 Å². The highest BCUT2D eigenvalue weighted by Crippen LogP contribution is 2.26. The second-order valence-corrected chi connectivity index (χ2v) is 9.04. The second kappa shape index (κ2) is 10.6. The topological polar surface area (TPSA) is 63.1 Å². The lowest BCUT2D eigenvalue weighted by Crippen LogP contribution is -2.15. The third-order valence-electron chi connectivity index (χ3n) is 5.00. The predicted octanol–water partition coefficient (Wildman–Crippen LogP) is 5.44. The van der Waals surface area contributed by atoms with E-state index in [9.17, 15) is 4.79 Å². The number of rotatable bonds is 8. The summed E-state index contributed by atoms with van der Waals surface area (Å²) in [6.45, 7) is 0.599. The molecule has 4 rings (SSSR count). The van der Waals surface area contributed by atoms with Gasteiger partial charge in [-0.3, -0.25) is 9.36 Å². The van der Waals surface area contributed by atoms with Crippen molar-refractivity contribution < 1.29 is 4.79 Å². The minimum Gasteiger partial charge on any atom is -0.378 e. The molecule has 8 heteroatoms. The van der Waals surface area contributed by atoms with E-state index in [0.717, 1.165) is 28.3 Å². The molecule has 4 aromatic rings. The Morgan fingerprint density at radius 1 is 0.970 bits per heavy atom. The molecule has 0 fully saturated rings. The zero-order chi connectivity index (χ0) is 23.2.